The molecule has 1 amide bonds. The van der Waals surface area contributed by atoms with Gasteiger partial charge in [-0.1, -0.05) is 12.1 Å². The Kier molecular flexibility index (Phi) is 6.70. The van der Waals surface area contributed by atoms with Crippen molar-refractivity contribution in [2.75, 3.05) is 26.1 Å². The Hall–Kier alpha value is -2.54. The zero-order valence-corrected chi connectivity index (χ0v) is 16.1. The van der Waals surface area contributed by atoms with Crippen LogP contribution in [0.15, 0.2) is 47.4 Å². The standard InChI is InChI=1S/C20H23NO5S/c1-24-16-5-2-4-15(12-16)14-21-20(22)8-11-27(23)17-6-7-18-19(13-17)26-10-3-9-25-18/h2,4-7,12-13H,3,8-11,14H2,1H3,(H,21,22). The summed E-state index contributed by atoms with van der Waals surface area (Å²) in [5.74, 6) is 2.15. The van der Waals surface area contributed by atoms with Crippen LogP contribution in [0.25, 0.3) is 0 Å². The summed E-state index contributed by atoms with van der Waals surface area (Å²) in [5.41, 5.74) is 0.951. The lowest BCUT2D eigenvalue weighted by molar-refractivity contribution is -0.120. The molecule has 0 aromatic heterocycles. The normalized spacial score (nSPS) is 14.1. The van der Waals surface area contributed by atoms with E-state index in [0.29, 0.717) is 36.2 Å². The first-order valence-corrected chi connectivity index (χ1v) is 10.2. The molecule has 2 aromatic rings. The van der Waals surface area contributed by atoms with Gasteiger partial charge in [0.2, 0.25) is 5.91 Å². The van der Waals surface area contributed by atoms with Crippen LogP contribution in [0.5, 0.6) is 17.2 Å². The van der Waals surface area contributed by atoms with Gasteiger partial charge in [0.15, 0.2) is 11.5 Å². The molecule has 0 spiro atoms. The first-order chi connectivity index (χ1) is 13.2. The lowest BCUT2D eigenvalue weighted by Crippen LogP contribution is -2.24. The van der Waals surface area contributed by atoms with Gasteiger partial charge < -0.3 is 19.5 Å². The van der Waals surface area contributed by atoms with E-state index in [1.54, 1.807) is 25.3 Å². The molecule has 1 heterocycles. The number of benzene rings is 2. The number of nitrogens with one attached hydrogen (secondary N) is 1. The topological polar surface area (TPSA) is 73.9 Å². The highest BCUT2D eigenvalue weighted by molar-refractivity contribution is 7.85. The monoisotopic (exact) mass is 389 g/mol. The Bertz CT molecular complexity index is 824. The molecule has 144 valence electrons. The number of amides is 1. The highest BCUT2D eigenvalue weighted by Gasteiger charge is 2.14. The zero-order valence-electron chi connectivity index (χ0n) is 15.2. The van der Waals surface area contributed by atoms with Crippen LogP contribution in [0.2, 0.25) is 0 Å². The highest BCUT2D eigenvalue weighted by Crippen LogP contribution is 2.31. The fourth-order valence-corrected chi connectivity index (χ4v) is 3.72. The average molecular weight is 389 g/mol. The largest absolute Gasteiger partial charge is 0.497 e. The number of rotatable bonds is 7. The number of methoxy groups -OCH3 is 1. The summed E-state index contributed by atoms with van der Waals surface area (Å²) in [7, 11) is 0.327. The first-order valence-electron chi connectivity index (χ1n) is 8.83. The van der Waals surface area contributed by atoms with Crippen LogP contribution in [0, 0.1) is 0 Å². The number of hydrogen-bond donors (Lipinski definition) is 1. The summed E-state index contributed by atoms with van der Waals surface area (Å²) in [6.45, 7) is 1.60. The average Bonchev–Trinajstić information content (AvgIpc) is 2.95. The number of ether oxygens (including phenoxy) is 3. The van der Waals surface area contributed by atoms with Gasteiger partial charge in [0.1, 0.15) is 5.75 Å². The minimum Gasteiger partial charge on any atom is -0.497 e. The van der Waals surface area contributed by atoms with Gasteiger partial charge in [0.05, 0.1) is 31.1 Å². The van der Waals surface area contributed by atoms with E-state index in [9.17, 15) is 9.00 Å². The van der Waals surface area contributed by atoms with Gasteiger partial charge in [-0.25, -0.2) is 0 Å². The van der Waals surface area contributed by atoms with Crippen molar-refractivity contribution < 1.29 is 23.2 Å². The maximum Gasteiger partial charge on any atom is 0.221 e. The van der Waals surface area contributed by atoms with Gasteiger partial charge >= 0.3 is 0 Å². The SMILES string of the molecule is COc1cccc(CNC(=O)CCS(=O)c2ccc3c(c2)OCCCO3)c1. The van der Waals surface area contributed by atoms with E-state index < -0.39 is 10.8 Å². The lowest BCUT2D eigenvalue weighted by atomic mass is 10.2. The van der Waals surface area contributed by atoms with Crippen molar-refractivity contribution in [3.05, 3.63) is 48.0 Å². The summed E-state index contributed by atoms with van der Waals surface area (Å²) in [5, 5.41) is 2.84. The summed E-state index contributed by atoms with van der Waals surface area (Å²) in [6, 6.07) is 12.8. The van der Waals surface area contributed by atoms with Crippen molar-refractivity contribution >= 4 is 16.7 Å². The minimum absolute atomic E-state index is 0.138. The molecule has 1 aliphatic rings. The van der Waals surface area contributed by atoms with E-state index in [1.165, 1.54) is 0 Å². The van der Waals surface area contributed by atoms with Crippen LogP contribution in [0.4, 0.5) is 0 Å². The van der Waals surface area contributed by atoms with Crippen molar-refractivity contribution in [3.8, 4) is 17.2 Å². The Morgan fingerprint density at radius 1 is 1.15 bits per heavy atom. The van der Waals surface area contributed by atoms with Crippen LogP contribution >= 0.6 is 0 Å². The van der Waals surface area contributed by atoms with Crippen LogP contribution in [-0.4, -0.2) is 36.2 Å². The molecule has 1 unspecified atom stereocenters. The molecule has 2 aromatic carbocycles. The van der Waals surface area contributed by atoms with Crippen molar-refractivity contribution in [1.82, 2.24) is 5.32 Å². The predicted molar refractivity (Wildman–Crippen MR) is 103 cm³/mol. The summed E-state index contributed by atoms with van der Waals surface area (Å²) >= 11 is 0. The van der Waals surface area contributed by atoms with Crippen LogP contribution in [-0.2, 0) is 22.1 Å². The molecule has 1 atom stereocenters. The van der Waals surface area contributed by atoms with Gasteiger partial charge in [-0.15, -0.1) is 0 Å². The molecule has 0 aliphatic carbocycles. The molecule has 0 fully saturated rings. The van der Waals surface area contributed by atoms with E-state index in [2.05, 4.69) is 5.32 Å². The number of carbonyl (C=O) groups excluding carboxylic acids is 1. The van der Waals surface area contributed by atoms with E-state index in [4.69, 9.17) is 14.2 Å². The van der Waals surface area contributed by atoms with Gasteiger partial charge in [-0.3, -0.25) is 9.00 Å². The second kappa shape index (κ2) is 9.41. The number of carbonyl (C=O) groups is 1. The zero-order chi connectivity index (χ0) is 19.1. The van der Waals surface area contributed by atoms with Gasteiger partial charge in [-0.05, 0) is 29.8 Å². The van der Waals surface area contributed by atoms with E-state index in [1.807, 2.05) is 24.3 Å². The van der Waals surface area contributed by atoms with Crippen LogP contribution < -0.4 is 19.5 Å². The Morgan fingerprint density at radius 3 is 2.78 bits per heavy atom. The predicted octanol–water partition coefficient (Wildman–Crippen LogP) is 2.67. The fourth-order valence-electron chi connectivity index (χ4n) is 2.66. The Balaban J connectivity index is 1.49. The first kappa shape index (κ1) is 19.2. The summed E-state index contributed by atoms with van der Waals surface area (Å²) in [6.07, 6.45) is 1.01. The van der Waals surface area contributed by atoms with Gasteiger partial charge in [0, 0.05) is 36.1 Å². The van der Waals surface area contributed by atoms with E-state index in [0.717, 1.165) is 17.7 Å². The van der Waals surface area contributed by atoms with Crippen molar-refractivity contribution in [2.24, 2.45) is 0 Å². The molecule has 6 nitrogen and oxygen atoms in total. The molecule has 27 heavy (non-hydrogen) atoms. The van der Waals surface area contributed by atoms with Crippen LogP contribution in [0.1, 0.15) is 18.4 Å². The van der Waals surface area contributed by atoms with Crippen molar-refractivity contribution in [3.63, 3.8) is 0 Å². The third-order valence-electron chi connectivity index (χ3n) is 4.12. The molecular formula is C20H23NO5S. The Morgan fingerprint density at radius 2 is 1.96 bits per heavy atom. The highest BCUT2D eigenvalue weighted by atomic mass is 32.2. The molecule has 1 aliphatic heterocycles. The molecule has 0 saturated carbocycles. The van der Waals surface area contributed by atoms with Gasteiger partial charge in [-0.2, -0.15) is 0 Å². The molecular weight excluding hydrogens is 366 g/mol. The van der Waals surface area contributed by atoms with Crippen molar-refractivity contribution in [2.45, 2.75) is 24.3 Å². The summed E-state index contributed by atoms with van der Waals surface area (Å²) in [4.78, 5) is 12.7. The third kappa shape index (κ3) is 5.47. The Labute approximate surface area is 161 Å². The number of fused-ring (bicyclic) bond motifs is 1. The lowest BCUT2D eigenvalue weighted by Gasteiger charge is -2.10. The quantitative estimate of drug-likeness (QED) is 0.788. The molecule has 3 rings (SSSR count). The molecule has 0 saturated heterocycles. The molecule has 7 heteroatoms. The van der Waals surface area contributed by atoms with E-state index in [-0.39, 0.29) is 18.1 Å². The maximum atomic E-state index is 12.5. The fraction of sp³-hybridized carbons (Fsp3) is 0.350. The smallest absolute Gasteiger partial charge is 0.221 e. The van der Waals surface area contributed by atoms with Gasteiger partial charge in [0.25, 0.3) is 0 Å². The third-order valence-corrected chi connectivity index (χ3v) is 5.47. The number of hydrogen-bond acceptors (Lipinski definition) is 5. The maximum absolute atomic E-state index is 12.5. The second-order valence-electron chi connectivity index (χ2n) is 6.09. The van der Waals surface area contributed by atoms with E-state index >= 15 is 0 Å². The van der Waals surface area contributed by atoms with Crippen molar-refractivity contribution in [1.29, 1.82) is 0 Å². The second-order valence-corrected chi connectivity index (χ2v) is 7.66. The summed E-state index contributed by atoms with van der Waals surface area (Å²) < 4.78 is 28.9. The minimum atomic E-state index is -1.28. The molecule has 0 radical (unpaired) electrons. The van der Waals surface area contributed by atoms with Crippen LogP contribution in [0.3, 0.4) is 0 Å². The molecule has 0 bridgehead atoms. The molecule has 1 N–H and O–H groups in total.